The van der Waals surface area contributed by atoms with E-state index in [1.165, 1.54) is 11.3 Å². The summed E-state index contributed by atoms with van der Waals surface area (Å²) in [5.41, 5.74) is 0. The highest BCUT2D eigenvalue weighted by Crippen LogP contribution is 2.21. The van der Waals surface area contributed by atoms with Crippen LogP contribution in [0.5, 0.6) is 0 Å². The van der Waals surface area contributed by atoms with E-state index in [9.17, 15) is 4.79 Å². The van der Waals surface area contributed by atoms with Gasteiger partial charge in [0.25, 0.3) is 0 Å². The van der Waals surface area contributed by atoms with E-state index in [0.717, 1.165) is 17.9 Å². The number of carbonyl (C=O) groups excluding carboxylic acids is 1. The number of thiazole rings is 1. The Hall–Kier alpha value is -0.550. The van der Waals surface area contributed by atoms with Crippen molar-refractivity contribution < 1.29 is 9.53 Å². The molecule has 70 valence electrons. The van der Waals surface area contributed by atoms with Crippen LogP contribution in [0, 0.1) is 0 Å². The zero-order valence-electron chi connectivity index (χ0n) is 6.93. The Morgan fingerprint density at radius 3 is 3.23 bits per heavy atom. The van der Waals surface area contributed by atoms with Crippen LogP contribution >= 0.6 is 23.1 Å². The lowest BCUT2D eigenvalue weighted by molar-refractivity contribution is 0.0356. The summed E-state index contributed by atoms with van der Waals surface area (Å²) in [6.45, 7) is 0. The molecular weight excluding hydrogens is 206 g/mol. The lowest BCUT2D eigenvalue weighted by atomic mass is 10.3. The smallest absolute Gasteiger partial charge is 0.367 e. The van der Waals surface area contributed by atoms with E-state index < -0.39 is 0 Å². The molecule has 1 aromatic rings. The Bertz CT molecular complexity index is 280. The molecule has 13 heavy (non-hydrogen) atoms. The second-order valence-electron chi connectivity index (χ2n) is 2.73. The van der Waals surface area contributed by atoms with E-state index >= 15 is 0 Å². The van der Waals surface area contributed by atoms with Crippen LogP contribution in [0.25, 0.3) is 0 Å². The number of rotatable bonds is 2. The fourth-order valence-corrected chi connectivity index (χ4v) is 2.74. The van der Waals surface area contributed by atoms with Crippen LogP contribution in [-0.2, 0) is 4.74 Å². The molecule has 1 atom stereocenters. The normalized spacial score (nSPS) is 21.7. The molecule has 1 aliphatic heterocycles. The number of hydrogen-bond donors (Lipinski definition) is 0. The molecule has 0 spiro atoms. The Kier molecular flexibility index (Phi) is 2.85. The molecule has 0 radical (unpaired) electrons. The molecule has 0 aromatic carbocycles. The van der Waals surface area contributed by atoms with Gasteiger partial charge in [0.15, 0.2) is 0 Å². The van der Waals surface area contributed by atoms with Crippen LogP contribution in [0.2, 0.25) is 0 Å². The molecule has 1 unspecified atom stereocenters. The van der Waals surface area contributed by atoms with Crippen LogP contribution in [-0.4, -0.2) is 28.6 Å². The van der Waals surface area contributed by atoms with E-state index in [2.05, 4.69) is 4.98 Å². The summed E-state index contributed by atoms with van der Waals surface area (Å²) in [4.78, 5) is 15.3. The van der Waals surface area contributed by atoms with Gasteiger partial charge >= 0.3 is 5.97 Å². The fourth-order valence-electron chi connectivity index (χ4n) is 1.13. The first-order valence-electron chi connectivity index (χ1n) is 4.04. The van der Waals surface area contributed by atoms with Gasteiger partial charge in [-0.1, -0.05) is 0 Å². The second kappa shape index (κ2) is 4.11. The summed E-state index contributed by atoms with van der Waals surface area (Å²) in [5, 5.41) is 2.23. The first-order chi connectivity index (χ1) is 6.36. The van der Waals surface area contributed by atoms with Crippen LogP contribution in [0.4, 0.5) is 0 Å². The minimum absolute atomic E-state index is 0.0985. The Morgan fingerprint density at radius 2 is 2.62 bits per heavy atom. The predicted octanol–water partition coefficient (Wildman–Crippen LogP) is 1.81. The highest BCUT2D eigenvalue weighted by Gasteiger charge is 2.21. The molecule has 5 heteroatoms. The standard InChI is InChI=1S/C8H9NO2S2/c10-8(7-9-2-4-13-7)11-6-1-3-12-5-6/h2,4,6H,1,3,5H2. The van der Waals surface area contributed by atoms with E-state index in [1.807, 2.05) is 11.8 Å². The lowest BCUT2D eigenvalue weighted by Gasteiger charge is -2.08. The van der Waals surface area contributed by atoms with Gasteiger partial charge in [0.05, 0.1) is 0 Å². The monoisotopic (exact) mass is 215 g/mol. The molecule has 0 aliphatic carbocycles. The molecule has 1 aliphatic rings. The van der Waals surface area contributed by atoms with Gasteiger partial charge < -0.3 is 4.74 Å². The maximum atomic E-state index is 11.4. The van der Waals surface area contributed by atoms with Crippen molar-refractivity contribution in [1.29, 1.82) is 0 Å². The van der Waals surface area contributed by atoms with Crippen molar-refractivity contribution in [2.45, 2.75) is 12.5 Å². The molecule has 0 amide bonds. The van der Waals surface area contributed by atoms with Gasteiger partial charge in [0.2, 0.25) is 5.01 Å². The minimum atomic E-state index is -0.275. The molecule has 1 aromatic heterocycles. The Balaban J connectivity index is 1.91. The first kappa shape index (κ1) is 9.02. The SMILES string of the molecule is O=C(OC1CCSC1)c1nccs1. The summed E-state index contributed by atoms with van der Waals surface area (Å²) < 4.78 is 5.24. The molecule has 2 rings (SSSR count). The van der Waals surface area contributed by atoms with E-state index in [4.69, 9.17) is 4.74 Å². The van der Waals surface area contributed by atoms with Crippen molar-refractivity contribution in [1.82, 2.24) is 4.98 Å². The van der Waals surface area contributed by atoms with Gasteiger partial charge in [0.1, 0.15) is 6.10 Å². The third kappa shape index (κ3) is 2.22. The first-order valence-corrected chi connectivity index (χ1v) is 6.08. The van der Waals surface area contributed by atoms with Crippen molar-refractivity contribution in [2.24, 2.45) is 0 Å². The largest absolute Gasteiger partial charge is 0.456 e. The van der Waals surface area contributed by atoms with Gasteiger partial charge in [-0.25, -0.2) is 9.78 Å². The molecule has 2 heterocycles. The fraction of sp³-hybridized carbons (Fsp3) is 0.500. The number of esters is 1. The van der Waals surface area contributed by atoms with E-state index in [-0.39, 0.29) is 12.1 Å². The zero-order valence-corrected chi connectivity index (χ0v) is 8.57. The van der Waals surface area contributed by atoms with E-state index in [1.54, 1.807) is 11.6 Å². The highest BCUT2D eigenvalue weighted by atomic mass is 32.2. The molecule has 0 saturated carbocycles. The van der Waals surface area contributed by atoms with Gasteiger partial charge in [0, 0.05) is 17.3 Å². The van der Waals surface area contributed by atoms with Crippen LogP contribution in [0.3, 0.4) is 0 Å². The van der Waals surface area contributed by atoms with Gasteiger partial charge in [-0.2, -0.15) is 11.8 Å². The Morgan fingerprint density at radius 1 is 1.69 bits per heavy atom. The van der Waals surface area contributed by atoms with Crippen LogP contribution in [0.15, 0.2) is 11.6 Å². The van der Waals surface area contributed by atoms with Gasteiger partial charge in [-0.15, -0.1) is 11.3 Å². The highest BCUT2D eigenvalue weighted by molar-refractivity contribution is 7.99. The summed E-state index contributed by atoms with van der Waals surface area (Å²) in [6.07, 6.45) is 2.69. The molecular formula is C8H9NO2S2. The van der Waals surface area contributed by atoms with Crippen LogP contribution < -0.4 is 0 Å². The van der Waals surface area contributed by atoms with Crippen molar-refractivity contribution >= 4 is 29.1 Å². The minimum Gasteiger partial charge on any atom is -0.456 e. The molecule has 3 nitrogen and oxygen atoms in total. The summed E-state index contributed by atoms with van der Waals surface area (Å²) >= 11 is 3.15. The average Bonchev–Trinajstić information content (AvgIpc) is 2.74. The number of ether oxygens (including phenoxy) is 1. The summed E-state index contributed by atoms with van der Waals surface area (Å²) in [7, 11) is 0. The van der Waals surface area contributed by atoms with Gasteiger partial charge in [-0.3, -0.25) is 0 Å². The van der Waals surface area contributed by atoms with E-state index in [0.29, 0.717) is 5.01 Å². The molecule has 0 N–H and O–H groups in total. The van der Waals surface area contributed by atoms with Gasteiger partial charge in [-0.05, 0) is 12.2 Å². The maximum absolute atomic E-state index is 11.4. The average molecular weight is 215 g/mol. The maximum Gasteiger partial charge on any atom is 0.367 e. The van der Waals surface area contributed by atoms with Crippen molar-refractivity contribution in [3.63, 3.8) is 0 Å². The van der Waals surface area contributed by atoms with Crippen molar-refractivity contribution in [3.05, 3.63) is 16.6 Å². The lowest BCUT2D eigenvalue weighted by Crippen LogP contribution is -2.17. The molecule has 1 saturated heterocycles. The third-order valence-electron chi connectivity index (χ3n) is 1.77. The van der Waals surface area contributed by atoms with Crippen molar-refractivity contribution in [3.8, 4) is 0 Å². The molecule has 0 bridgehead atoms. The third-order valence-corrected chi connectivity index (χ3v) is 3.65. The second-order valence-corrected chi connectivity index (χ2v) is 4.77. The number of hydrogen-bond acceptors (Lipinski definition) is 5. The van der Waals surface area contributed by atoms with Crippen molar-refractivity contribution in [2.75, 3.05) is 11.5 Å². The summed E-state index contributed by atoms with van der Waals surface area (Å²) in [6, 6.07) is 0. The number of carbonyl (C=O) groups is 1. The molecule has 1 fully saturated rings. The Labute approximate surface area is 84.5 Å². The predicted molar refractivity (Wildman–Crippen MR) is 53.3 cm³/mol. The quantitative estimate of drug-likeness (QED) is 0.705. The summed E-state index contributed by atoms with van der Waals surface area (Å²) in [5.74, 6) is 1.75. The number of thioether (sulfide) groups is 1. The topological polar surface area (TPSA) is 39.2 Å². The van der Waals surface area contributed by atoms with Crippen LogP contribution in [0.1, 0.15) is 16.2 Å². The number of aromatic nitrogens is 1. The zero-order chi connectivity index (χ0) is 9.10. The number of nitrogens with zero attached hydrogens (tertiary/aromatic N) is 1.